The normalized spacial score (nSPS) is 17.6. The van der Waals surface area contributed by atoms with Gasteiger partial charge in [-0.2, -0.15) is 0 Å². The highest BCUT2D eigenvalue weighted by atomic mass is 15.0. The van der Waals surface area contributed by atoms with Gasteiger partial charge in [-0.15, -0.1) is 0 Å². The van der Waals surface area contributed by atoms with Crippen LogP contribution in [0.4, 0.5) is 5.82 Å². The predicted molar refractivity (Wildman–Crippen MR) is 90.6 cm³/mol. The van der Waals surface area contributed by atoms with Crippen LogP contribution < -0.4 is 5.32 Å². The minimum Gasteiger partial charge on any atom is -0.369 e. The van der Waals surface area contributed by atoms with Gasteiger partial charge in [0, 0.05) is 23.5 Å². The van der Waals surface area contributed by atoms with Gasteiger partial charge in [0.15, 0.2) is 0 Å². The number of fused-ring (bicyclic) bond motifs is 1. The number of aromatic nitrogens is 1. The molecule has 0 unspecified atom stereocenters. The molecule has 0 saturated heterocycles. The number of hydrogen-bond donors (Lipinski definition) is 1. The van der Waals surface area contributed by atoms with Gasteiger partial charge in [-0.25, -0.2) is 4.98 Å². The molecular formula is C19H24N2. The Morgan fingerprint density at radius 1 is 1.19 bits per heavy atom. The van der Waals surface area contributed by atoms with E-state index in [4.69, 9.17) is 0 Å². The molecule has 2 aromatic rings. The van der Waals surface area contributed by atoms with Crippen LogP contribution in [0, 0.1) is 5.41 Å². The van der Waals surface area contributed by atoms with Crippen molar-refractivity contribution < 1.29 is 0 Å². The molecule has 1 saturated carbocycles. The molecule has 1 N–H and O–H groups in total. The summed E-state index contributed by atoms with van der Waals surface area (Å²) in [7, 11) is 0. The lowest BCUT2D eigenvalue weighted by atomic mass is 9.70. The van der Waals surface area contributed by atoms with Gasteiger partial charge in [0.1, 0.15) is 5.82 Å². The molecular weight excluding hydrogens is 256 g/mol. The van der Waals surface area contributed by atoms with Crippen LogP contribution in [0.2, 0.25) is 0 Å². The molecule has 0 spiro atoms. The third kappa shape index (κ3) is 2.80. The second-order valence-electron chi connectivity index (χ2n) is 6.36. The van der Waals surface area contributed by atoms with E-state index in [1.807, 2.05) is 6.20 Å². The van der Waals surface area contributed by atoms with Gasteiger partial charge in [-0.3, -0.25) is 0 Å². The molecule has 110 valence electrons. The maximum atomic E-state index is 4.54. The van der Waals surface area contributed by atoms with E-state index < -0.39 is 0 Å². The minimum atomic E-state index is 0.247. The fourth-order valence-corrected chi connectivity index (χ4v) is 3.50. The average Bonchev–Trinajstić information content (AvgIpc) is 2.53. The van der Waals surface area contributed by atoms with Gasteiger partial charge in [-0.05, 0) is 31.2 Å². The smallest absolute Gasteiger partial charge is 0.133 e. The summed E-state index contributed by atoms with van der Waals surface area (Å²) in [6.45, 7) is 7.40. The van der Waals surface area contributed by atoms with Gasteiger partial charge < -0.3 is 5.32 Å². The van der Waals surface area contributed by atoms with E-state index in [9.17, 15) is 0 Å². The Morgan fingerprint density at radius 3 is 2.71 bits per heavy atom. The quantitative estimate of drug-likeness (QED) is 0.781. The lowest BCUT2D eigenvalue weighted by Crippen LogP contribution is -2.33. The van der Waals surface area contributed by atoms with Crippen molar-refractivity contribution in [1.82, 2.24) is 4.98 Å². The fourth-order valence-electron chi connectivity index (χ4n) is 3.50. The van der Waals surface area contributed by atoms with Gasteiger partial charge in [-0.1, -0.05) is 55.7 Å². The van der Waals surface area contributed by atoms with Gasteiger partial charge in [0.05, 0.1) is 0 Å². The van der Waals surface area contributed by atoms with Gasteiger partial charge in [0.25, 0.3) is 0 Å². The van der Waals surface area contributed by atoms with Crippen LogP contribution in [0.1, 0.15) is 39.0 Å². The molecule has 1 heterocycles. The van der Waals surface area contributed by atoms with Gasteiger partial charge in [0.2, 0.25) is 0 Å². The van der Waals surface area contributed by atoms with Crippen LogP contribution in [-0.4, -0.2) is 11.5 Å². The van der Waals surface area contributed by atoms with E-state index in [1.54, 1.807) is 0 Å². The minimum absolute atomic E-state index is 0.247. The molecule has 1 aliphatic rings. The van der Waals surface area contributed by atoms with Crippen LogP contribution in [0.5, 0.6) is 0 Å². The van der Waals surface area contributed by atoms with Crippen LogP contribution >= 0.6 is 0 Å². The molecule has 2 heteroatoms. The van der Waals surface area contributed by atoms with Crippen LogP contribution in [0.3, 0.4) is 0 Å². The number of anilines is 1. The molecule has 1 aromatic heterocycles. The highest BCUT2D eigenvalue weighted by Crippen LogP contribution is 2.41. The molecule has 0 bridgehead atoms. The van der Waals surface area contributed by atoms with Crippen LogP contribution in [0.25, 0.3) is 10.8 Å². The first-order valence-electron chi connectivity index (χ1n) is 7.95. The molecule has 1 fully saturated rings. The van der Waals surface area contributed by atoms with Crippen molar-refractivity contribution in [3.63, 3.8) is 0 Å². The van der Waals surface area contributed by atoms with Crippen LogP contribution in [-0.2, 0) is 0 Å². The maximum Gasteiger partial charge on any atom is 0.133 e. The summed E-state index contributed by atoms with van der Waals surface area (Å²) in [4.78, 5) is 4.54. The molecule has 21 heavy (non-hydrogen) atoms. The Morgan fingerprint density at radius 2 is 1.95 bits per heavy atom. The van der Waals surface area contributed by atoms with Crippen molar-refractivity contribution in [3.8, 4) is 0 Å². The number of pyridine rings is 1. The molecule has 1 aliphatic carbocycles. The Hall–Kier alpha value is -1.83. The zero-order valence-corrected chi connectivity index (χ0v) is 12.9. The zero-order valence-electron chi connectivity index (χ0n) is 12.9. The second kappa shape index (κ2) is 5.88. The Bertz CT molecular complexity index is 634. The summed E-state index contributed by atoms with van der Waals surface area (Å²) in [5, 5.41) is 6.05. The summed E-state index contributed by atoms with van der Waals surface area (Å²) in [6, 6.07) is 10.5. The van der Waals surface area contributed by atoms with Crippen molar-refractivity contribution in [1.29, 1.82) is 0 Å². The van der Waals surface area contributed by atoms with Crippen molar-refractivity contribution in [2.75, 3.05) is 11.9 Å². The summed E-state index contributed by atoms with van der Waals surface area (Å²) in [5.41, 5.74) is 1.56. The first-order chi connectivity index (χ1) is 10.2. The van der Waals surface area contributed by atoms with Crippen molar-refractivity contribution in [2.45, 2.75) is 39.0 Å². The lowest BCUT2D eigenvalue weighted by molar-refractivity contribution is 0.256. The largest absolute Gasteiger partial charge is 0.369 e. The predicted octanol–water partition coefficient (Wildman–Crippen LogP) is 5.17. The highest BCUT2D eigenvalue weighted by molar-refractivity contribution is 5.91. The summed E-state index contributed by atoms with van der Waals surface area (Å²) in [6.07, 6.45) is 8.38. The maximum absolute atomic E-state index is 4.54. The van der Waals surface area contributed by atoms with Gasteiger partial charge >= 0.3 is 0 Å². The molecule has 1 aromatic carbocycles. The monoisotopic (exact) mass is 280 g/mol. The van der Waals surface area contributed by atoms with E-state index in [0.29, 0.717) is 0 Å². The topological polar surface area (TPSA) is 24.9 Å². The van der Waals surface area contributed by atoms with Crippen molar-refractivity contribution in [2.24, 2.45) is 5.41 Å². The lowest BCUT2D eigenvalue weighted by Gasteiger charge is -2.38. The Kier molecular flexibility index (Phi) is 3.96. The molecule has 0 aliphatic heterocycles. The number of hydrogen-bond acceptors (Lipinski definition) is 2. The number of rotatable bonds is 4. The molecule has 0 amide bonds. The van der Waals surface area contributed by atoms with E-state index in [2.05, 4.69) is 54.1 Å². The third-order valence-electron chi connectivity index (χ3n) is 4.98. The second-order valence-corrected chi connectivity index (χ2v) is 6.36. The average molecular weight is 280 g/mol. The number of nitrogens with one attached hydrogen (secondary N) is 1. The molecule has 0 radical (unpaired) electrons. The van der Waals surface area contributed by atoms with Crippen LogP contribution in [0.15, 0.2) is 48.7 Å². The van der Waals surface area contributed by atoms with Crippen molar-refractivity contribution >= 4 is 16.6 Å². The van der Waals surface area contributed by atoms with E-state index in [0.717, 1.165) is 12.4 Å². The first kappa shape index (κ1) is 14.1. The SMILES string of the molecule is C=C(C)C1(CNc2nccc3ccccc23)CCCCC1. The third-order valence-corrected chi connectivity index (χ3v) is 4.98. The summed E-state index contributed by atoms with van der Waals surface area (Å²) < 4.78 is 0. The molecule has 0 atom stereocenters. The summed E-state index contributed by atoms with van der Waals surface area (Å²) in [5.74, 6) is 0.999. The highest BCUT2D eigenvalue weighted by Gasteiger charge is 2.32. The van der Waals surface area contributed by atoms with E-state index >= 15 is 0 Å². The van der Waals surface area contributed by atoms with E-state index in [1.165, 1.54) is 48.4 Å². The Labute approximate surface area is 127 Å². The molecule has 2 nitrogen and oxygen atoms in total. The molecule has 3 rings (SSSR count). The number of nitrogens with zero attached hydrogens (tertiary/aromatic N) is 1. The first-order valence-corrected chi connectivity index (χ1v) is 7.95. The van der Waals surface area contributed by atoms with E-state index in [-0.39, 0.29) is 5.41 Å². The zero-order chi connectivity index (χ0) is 14.7. The van der Waals surface area contributed by atoms with Crippen molar-refractivity contribution in [3.05, 3.63) is 48.7 Å². The Balaban J connectivity index is 1.83. The summed E-state index contributed by atoms with van der Waals surface area (Å²) >= 11 is 0. The standard InChI is InChI=1S/C19H24N2/c1-15(2)19(11-6-3-7-12-19)14-21-18-17-9-5-4-8-16(17)10-13-20-18/h4-5,8-10,13H,1,3,6-7,11-12,14H2,2H3,(H,20,21). The fraction of sp³-hybridized carbons (Fsp3) is 0.421. The number of benzene rings is 1.